The van der Waals surface area contributed by atoms with Crippen molar-refractivity contribution in [1.29, 1.82) is 0 Å². The summed E-state index contributed by atoms with van der Waals surface area (Å²) in [6, 6.07) is 0. The molecule has 34 heavy (non-hydrogen) atoms. The van der Waals surface area contributed by atoms with E-state index in [4.69, 9.17) is 8.67 Å². The molecule has 8 saturated carbocycles. The van der Waals surface area contributed by atoms with Gasteiger partial charge < -0.3 is 0 Å². The van der Waals surface area contributed by atoms with Gasteiger partial charge >= 0.3 is 20.2 Å². The van der Waals surface area contributed by atoms with E-state index in [0.29, 0.717) is 25.7 Å². The fourth-order valence-corrected chi connectivity index (χ4v) is 14.2. The van der Waals surface area contributed by atoms with Crippen molar-refractivity contribution in [3.63, 3.8) is 0 Å². The zero-order chi connectivity index (χ0) is 24.3. The summed E-state index contributed by atoms with van der Waals surface area (Å²) in [6.07, 6.45) is 6.49. The zero-order valence-corrected chi connectivity index (χ0v) is 21.4. The van der Waals surface area contributed by atoms with Gasteiger partial charge in [-0.05, 0) is 114 Å². The minimum Gasteiger partial charge on any atom is -0.300 e. The molecule has 8 fully saturated rings. The number of carbonyl (C=O) groups is 2. The molecular weight excluding hydrogens is 480 g/mol. The molecule has 8 aliphatic rings. The van der Waals surface area contributed by atoms with Crippen LogP contribution >= 0.6 is 0 Å². The first-order chi connectivity index (χ1) is 15.9. The molecule has 0 N–H and O–H groups in total. The van der Waals surface area contributed by atoms with Crippen LogP contribution < -0.4 is 0 Å². The van der Waals surface area contributed by atoms with Crippen molar-refractivity contribution in [3.8, 4) is 0 Å². The standard InChI is InChI=1S/C24H34O8S2/c1-13(25)21-19-5-15-3-16(6-19)10-23(21,9-15)33(27,28)31-32-34(29,30)24-11-17-4-18(12-24)8-20(7-17)22(24)14(2)26/h15-22H,3-12H2,1-2H3. The van der Waals surface area contributed by atoms with Gasteiger partial charge in [-0.2, -0.15) is 16.8 Å². The number of Topliss-reactive ketones (excluding diaryl/α,β-unsaturated/α-hetero) is 2. The number of hydrogen-bond donors (Lipinski definition) is 0. The van der Waals surface area contributed by atoms with Crippen LogP contribution in [-0.4, -0.2) is 37.9 Å². The van der Waals surface area contributed by atoms with E-state index in [2.05, 4.69) is 0 Å². The molecule has 0 aromatic rings. The Morgan fingerprint density at radius 3 is 1.15 bits per heavy atom. The molecule has 0 amide bonds. The van der Waals surface area contributed by atoms with Crippen molar-refractivity contribution < 1.29 is 35.1 Å². The molecule has 0 heterocycles. The van der Waals surface area contributed by atoms with Crippen LogP contribution in [0.5, 0.6) is 0 Å². The lowest BCUT2D eigenvalue weighted by Gasteiger charge is -2.59. The highest BCUT2D eigenvalue weighted by atomic mass is 32.2. The largest absolute Gasteiger partial charge is 0.301 e. The van der Waals surface area contributed by atoms with Gasteiger partial charge in [-0.25, -0.2) is 0 Å². The summed E-state index contributed by atoms with van der Waals surface area (Å²) < 4.78 is 61.8. The van der Waals surface area contributed by atoms with E-state index in [1.54, 1.807) is 0 Å². The highest BCUT2D eigenvalue weighted by Crippen LogP contribution is 2.64. The molecule has 0 aromatic heterocycles. The zero-order valence-electron chi connectivity index (χ0n) is 19.8. The molecule has 8 nitrogen and oxygen atoms in total. The summed E-state index contributed by atoms with van der Waals surface area (Å²) in [5.41, 5.74) is 0. The van der Waals surface area contributed by atoms with Crippen molar-refractivity contribution in [2.45, 2.75) is 87.5 Å². The lowest BCUT2D eigenvalue weighted by Crippen LogP contribution is -2.64. The third-order valence-electron chi connectivity index (χ3n) is 10.6. The minimum absolute atomic E-state index is 0.0102. The van der Waals surface area contributed by atoms with Crippen LogP contribution in [0.4, 0.5) is 0 Å². The summed E-state index contributed by atoms with van der Waals surface area (Å²) in [5, 5.41) is 0. The quantitative estimate of drug-likeness (QED) is 0.375. The van der Waals surface area contributed by atoms with Crippen LogP contribution in [0.3, 0.4) is 0 Å². The van der Waals surface area contributed by atoms with E-state index >= 15 is 0 Å². The van der Waals surface area contributed by atoms with E-state index in [1.165, 1.54) is 13.8 Å². The molecule has 0 saturated heterocycles. The summed E-state index contributed by atoms with van der Waals surface area (Å²) in [4.78, 5) is 25.2. The number of hydrogen-bond acceptors (Lipinski definition) is 8. The van der Waals surface area contributed by atoms with Crippen LogP contribution in [0.1, 0.15) is 78.1 Å². The molecule has 8 rings (SSSR count). The predicted molar refractivity (Wildman–Crippen MR) is 121 cm³/mol. The fraction of sp³-hybridized carbons (Fsp3) is 0.917. The van der Waals surface area contributed by atoms with E-state index in [1.807, 2.05) is 0 Å². The first-order valence-electron chi connectivity index (χ1n) is 12.8. The van der Waals surface area contributed by atoms with Gasteiger partial charge in [-0.15, -0.1) is 0 Å². The highest BCUT2D eigenvalue weighted by Gasteiger charge is 2.68. The van der Waals surface area contributed by atoms with Gasteiger partial charge in [-0.3, -0.25) is 9.59 Å². The maximum absolute atomic E-state index is 13.7. The topological polar surface area (TPSA) is 121 Å². The van der Waals surface area contributed by atoms with Crippen molar-refractivity contribution in [2.24, 2.45) is 47.3 Å². The van der Waals surface area contributed by atoms with E-state index in [0.717, 1.165) is 38.5 Å². The predicted octanol–water partition coefficient (Wildman–Crippen LogP) is 3.16. The van der Waals surface area contributed by atoms with Crippen LogP contribution in [-0.2, 0) is 38.5 Å². The summed E-state index contributed by atoms with van der Waals surface area (Å²) >= 11 is 0. The molecule has 8 bridgehead atoms. The third-order valence-corrected chi connectivity index (χ3v) is 14.3. The Bertz CT molecular complexity index is 1020. The lowest BCUT2D eigenvalue weighted by molar-refractivity contribution is -0.139. The Balaban J connectivity index is 1.31. The number of ketones is 2. The molecule has 190 valence electrons. The normalized spacial score (nSPS) is 48.9. The Morgan fingerprint density at radius 1 is 0.588 bits per heavy atom. The van der Waals surface area contributed by atoms with E-state index in [9.17, 15) is 26.4 Å². The fourth-order valence-electron chi connectivity index (χ4n) is 10.3. The van der Waals surface area contributed by atoms with Crippen molar-refractivity contribution in [2.75, 3.05) is 0 Å². The monoisotopic (exact) mass is 514 g/mol. The van der Waals surface area contributed by atoms with Crippen LogP contribution in [0, 0.1) is 47.3 Å². The molecular formula is C24H34O8S2. The average Bonchev–Trinajstić information content (AvgIpc) is 2.70. The molecule has 0 radical (unpaired) electrons. The van der Waals surface area contributed by atoms with Crippen LogP contribution in [0.25, 0.3) is 0 Å². The first-order valence-corrected chi connectivity index (χ1v) is 15.6. The van der Waals surface area contributed by atoms with Gasteiger partial charge in [0.05, 0.1) is 0 Å². The van der Waals surface area contributed by atoms with Gasteiger partial charge in [0.1, 0.15) is 21.1 Å². The molecule has 6 atom stereocenters. The second kappa shape index (κ2) is 7.35. The molecule has 0 aliphatic heterocycles. The smallest absolute Gasteiger partial charge is 0.300 e. The van der Waals surface area contributed by atoms with Gasteiger partial charge in [0.2, 0.25) is 0 Å². The first kappa shape index (κ1) is 23.6. The molecule has 0 spiro atoms. The highest BCUT2D eigenvalue weighted by molar-refractivity contribution is 7.90. The number of rotatable bonds is 7. The van der Waals surface area contributed by atoms with Crippen molar-refractivity contribution in [1.82, 2.24) is 0 Å². The summed E-state index contributed by atoms with van der Waals surface area (Å²) in [5.74, 6) is -0.966. The van der Waals surface area contributed by atoms with Gasteiger partial charge in [-0.1, -0.05) is 8.67 Å². The summed E-state index contributed by atoms with van der Waals surface area (Å²) in [6.45, 7) is 2.85. The molecule has 10 heteroatoms. The van der Waals surface area contributed by atoms with Gasteiger partial charge in [0.25, 0.3) is 0 Å². The van der Waals surface area contributed by atoms with Gasteiger partial charge in [0, 0.05) is 11.8 Å². The molecule has 6 unspecified atom stereocenters. The SMILES string of the molecule is CC(=O)C1C2CC3CC(C2)CC1(S(=O)(=O)OOS(=O)(=O)C12CC4CC(CC(C4)C1C(C)=O)C2)C3. The second-order valence-corrected chi connectivity index (χ2v) is 16.3. The van der Waals surface area contributed by atoms with E-state index in [-0.39, 0.29) is 47.1 Å². The third kappa shape index (κ3) is 3.07. The lowest BCUT2D eigenvalue weighted by atomic mass is 9.50. The average molecular weight is 515 g/mol. The maximum Gasteiger partial charge on any atom is 0.301 e. The van der Waals surface area contributed by atoms with Crippen molar-refractivity contribution >= 4 is 31.8 Å². The Kier molecular flexibility index (Phi) is 5.09. The molecule has 8 aliphatic carbocycles. The number of carbonyl (C=O) groups excluding carboxylic acids is 2. The molecule has 0 aromatic carbocycles. The Labute approximate surface area is 201 Å². The van der Waals surface area contributed by atoms with E-state index < -0.39 is 41.6 Å². The minimum atomic E-state index is -4.52. The summed E-state index contributed by atoms with van der Waals surface area (Å²) in [7, 11) is -9.05. The van der Waals surface area contributed by atoms with Crippen LogP contribution in [0.2, 0.25) is 0 Å². The Morgan fingerprint density at radius 2 is 0.882 bits per heavy atom. The van der Waals surface area contributed by atoms with Crippen molar-refractivity contribution in [3.05, 3.63) is 0 Å². The Hall–Kier alpha value is -0.840. The van der Waals surface area contributed by atoms with Gasteiger partial charge in [0.15, 0.2) is 0 Å². The maximum atomic E-state index is 13.7. The second-order valence-electron chi connectivity index (χ2n) is 12.6. The van der Waals surface area contributed by atoms with Crippen LogP contribution in [0.15, 0.2) is 0 Å².